The number of ether oxygens (including phenoxy) is 1. The molecule has 0 fully saturated rings. The first-order valence-corrected chi connectivity index (χ1v) is 11.0. The molecule has 0 bridgehead atoms. The quantitative estimate of drug-likeness (QED) is 0.528. The van der Waals surface area contributed by atoms with E-state index < -0.39 is 5.97 Å². The standard InChI is InChI=1S/C26H30N2O4/c1-16-5-6-20(14-24(16)28(3)4)26-27-23(17(2)32-26)11-12-31-21-9-10-22-18(13-21)7-8-19(22)15-25(29)30/h5-6,9-10,13-14,19H,7-8,11-12,15H2,1-4H3,(H,29,30)/t19-/m0/s1. The van der Waals surface area contributed by atoms with Gasteiger partial charge in [-0.15, -0.1) is 0 Å². The van der Waals surface area contributed by atoms with Crippen molar-refractivity contribution in [2.45, 2.75) is 45.4 Å². The largest absolute Gasteiger partial charge is 0.493 e. The van der Waals surface area contributed by atoms with Gasteiger partial charge in [0.2, 0.25) is 5.89 Å². The van der Waals surface area contributed by atoms with Crippen LogP contribution in [0.1, 0.15) is 46.9 Å². The Morgan fingerprint density at radius 2 is 2.03 bits per heavy atom. The third-order valence-corrected chi connectivity index (χ3v) is 6.18. The molecule has 0 spiro atoms. The fourth-order valence-electron chi connectivity index (χ4n) is 4.47. The third kappa shape index (κ3) is 4.64. The van der Waals surface area contributed by atoms with Crippen molar-refractivity contribution in [1.29, 1.82) is 0 Å². The van der Waals surface area contributed by atoms with Gasteiger partial charge >= 0.3 is 5.97 Å². The van der Waals surface area contributed by atoms with Gasteiger partial charge in [0, 0.05) is 31.8 Å². The van der Waals surface area contributed by atoms with Gasteiger partial charge in [-0.2, -0.15) is 0 Å². The first-order valence-electron chi connectivity index (χ1n) is 11.0. The maximum absolute atomic E-state index is 11.0. The number of aliphatic carboxylic acids is 1. The van der Waals surface area contributed by atoms with Crippen LogP contribution >= 0.6 is 0 Å². The Balaban J connectivity index is 1.40. The second-order valence-corrected chi connectivity index (χ2v) is 8.71. The lowest BCUT2D eigenvalue weighted by Crippen LogP contribution is -2.10. The van der Waals surface area contributed by atoms with E-state index in [0.29, 0.717) is 18.9 Å². The van der Waals surface area contributed by atoms with E-state index in [4.69, 9.17) is 19.2 Å². The van der Waals surface area contributed by atoms with Crippen LogP contribution in [0.5, 0.6) is 5.75 Å². The zero-order valence-corrected chi connectivity index (χ0v) is 19.1. The molecule has 168 valence electrons. The Labute approximate surface area is 188 Å². The van der Waals surface area contributed by atoms with E-state index in [0.717, 1.165) is 46.9 Å². The molecule has 1 N–H and O–H groups in total. The second-order valence-electron chi connectivity index (χ2n) is 8.71. The average molecular weight is 435 g/mol. The summed E-state index contributed by atoms with van der Waals surface area (Å²) in [4.78, 5) is 17.9. The number of oxazole rings is 1. The van der Waals surface area contributed by atoms with Crippen LogP contribution in [0.4, 0.5) is 5.69 Å². The summed E-state index contributed by atoms with van der Waals surface area (Å²) in [6.07, 6.45) is 2.64. The summed E-state index contributed by atoms with van der Waals surface area (Å²) in [6, 6.07) is 12.2. The third-order valence-electron chi connectivity index (χ3n) is 6.18. The highest BCUT2D eigenvalue weighted by Gasteiger charge is 2.25. The highest BCUT2D eigenvalue weighted by Crippen LogP contribution is 2.37. The number of aryl methyl sites for hydroxylation is 3. The van der Waals surface area contributed by atoms with Crippen molar-refractivity contribution < 1.29 is 19.1 Å². The molecule has 2 aromatic carbocycles. The summed E-state index contributed by atoms with van der Waals surface area (Å²) < 4.78 is 11.9. The Hall–Kier alpha value is -3.28. The molecule has 0 amide bonds. The van der Waals surface area contributed by atoms with Crippen molar-refractivity contribution in [2.24, 2.45) is 0 Å². The lowest BCUT2D eigenvalue weighted by molar-refractivity contribution is -0.137. The molecule has 1 atom stereocenters. The van der Waals surface area contributed by atoms with E-state index in [9.17, 15) is 4.79 Å². The summed E-state index contributed by atoms with van der Waals surface area (Å²) in [6.45, 7) is 4.53. The van der Waals surface area contributed by atoms with E-state index in [1.807, 2.05) is 45.3 Å². The summed E-state index contributed by atoms with van der Waals surface area (Å²) in [7, 11) is 4.06. The van der Waals surface area contributed by atoms with Gasteiger partial charge in [-0.25, -0.2) is 4.98 Å². The first-order chi connectivity index (χ1) is 15.3. The van der Waals surface area contributed by atoms with Crippen molar-refractivity contribution in [3.05, 3.63) is 64.5 Å². The monoisotopic (exact) mass is 434 g/mol. The van der Waals surface area contributed by atoms with Gasteiger partial charge in [0.05, 0.1) is 18.7 Å². The number of carboxylic acid groups (broad SMARTS) is 1. The minimum atomic E-state index is -0.742. The molecule has 1 aliphatic rings. The number of aromatic nitrogens is 1. The molecule has 3 aromatic rings. The number of nitrogens with zero attached hydrogens (tertiary/aromatic N) is 2. The van der Waals surface area contributed by atoms with Crippen LogP contribution in [0.2, 0.25) is 0 Å². The summed E-state index contributed by atoms with van der Waals surface area (Å²) in [5.74, 6) is 1.62. The van der Waals surface area contributed by atoms with Crippen LogP contribution in [0, 0.1) is 13.8 Å². The number of rotatable bonds is 8. The molecule has 32 heavy (non-hydrogen) atoms. The van der Waals surface area contributed by atoms with Gasteiger partial charge in [-0.05, 0) is 73.6 Å². The molecule has 0 saturated heterocycles. The van der Waals surface area contributed by atoms with Crippen molar-refractivity contribution in [1.82, 2.24) is 4.98 Å². The minimum Gasteiger partial charge on any atom is -0.493 e. The van der Waals surface area contributed by atoms with Crippen LogP contribution in [0.3, 0.4) is 0 Å². The highest BCUT2D eigenvalue weighted by molar-refractivity contribution is 5.68. The number of hydrogen-bond acceptors (Lipinski definition) is 5. The van der Waals surface area contributed by atoms with Crippen LogP contribution in [0.25, 0.3) is 11.5 Å². The molecule has 0 saturated carbocycles. The fourth-order valence-corrected chi connectivity index (χ4v) is 4.47. The highest BCUT2D eigenvalue weighted by atomic mass is 16.5. The fraction of sp³-hybridized carbons (Fsp3) is 0.385. The summed E-state index contributed by atoms with van der Waals surface area (Å²) in [5.41, 5.74) is 6.56. The molecule has 6 nitrogen and oxygen atoms in total. The molecule has 1 aliphatic carbocycles. The Morgan fingerprint density at radius 1 is 1.22 bits per heavy atom. The molecule has 0 unspecified atom stereocenters. The molecule has 6 heteroatoms. The topological polar surface area (TPSA) is 75.8 Å². The molecular formula is C26H30N2O4. The van der Waals surface area contributed by atoms with E-state index in [2.05, 4.69) is 24.0 Å². The summed E-state index contributed by atoms with van der Waals surface area (Å²) >= 11 is 0. The minimum absolute atomic E-state index is 0.113. The van der Waals surface area contributed by atoms with E-state index in [1.165, 1.54) is 11.1 Å². The predicted octanol–water partition coefficient (Wildman–Crippen LogP) is 5.15. The Kier molecular flexibility index (Phi) is 6.21. The number of hydrogen-bond donors (Lipinski definition) is 1. The van der Waals surface area contributed by atoms with Gasteiger partial charge in [0.1, 0.15) is 11.5 Å². The van der Waals surface area contributed by atoms with Crippen molar-refractivity contribution >= 4 is 11.7 Å². The molecule has 0 aliphatic heterocycles. The van der Waals surface area contributed by atoms with E-state index in [1.54, 1.807) is 0 Å². The summed E-state index contributed by atoms with van der Waals surface area (Å²) in [5, 5.41) is 9.08. The van der Waals surface area contributed by atoms with Gasteiger partial charge in [-0.1, -0.05) is 12.1 Å². The number of benzene rings is 2. The maximum atomic E-state index is 11.0. The number of anilines is 1. The molecule has 0 radical (unpaired) electrons. The lowest BCUT2D eigenvalue weighted by atomic mass is 9.98. The van der Waals surface area contributed by atoms with Gasteiger partial charge in [0.25, 0.3) is 0 Å². The van der Waals surface area contributed by atoms with Crippen molar-refractivity contribution in [2.75, 3.05) is 25.6 Å². The number of carbonyl (C=O) groups is 1. The molecule has 1 aromatic heterocycles. The molecule has 4 rings (SSSR count). The SMILES string of the molecule is Cc1ccc(-c2nc(CCOc3ccc4c(c3)CC[C@H]4CC(=O)O)c(C)o2)cc1N(C)C. The lowest BCUT2D eigenvalue weighted by Gasteiger charge is -2.16. The van der Waals surface area contributed by atoms with Gasteiger partial charge < -0.3 is 19.2 Å². The average Bonchev–Trinajstić information content (AvgIpc) is 3.31. The van der Waals surface area contributed by atoms with E-state index in [-0.39, 0.29) is 12.3 Å². The maximum Gasteiger partial charge on any atom is 0.303 e. The Morgan fingerprint density at radius 3 is 2.78 bits per heavy atom. The Bertz CT molecular complexity index is 1130. The second kappa shape index (κ2) is 9.07. The predicted molar refractivity (Wildman–Crippen MR) is 125 cm³/mol. The van der Waals surface area contributed by atoms with Crippen molar-refractivity contribution in [3.8, 4) is 17.2 Å². The van der Waals surface area contributed by atoms with Crippen LogP contribution in [0.15, 0.2) is 40.8 Å². The zero-order chi connectivity index (χ0) is 22.8. The molecule has 1 heterocycles. The first kappa shape index (κ1) is 21.9. The number of fused-ring (bicyclic) bond motifs is 1. The number of carboxylic acids is 1. The van der Waals surface area contributed by atoms with Gasteiger partial charge in [-0.3, -0.25) is 4.79 Å². The van der Waals surface area contributed by atoms with Crippen LogP contribution in [-0.4, -0.2) is 36.8 Å². The smallest absolute Gasteiger partial charge is 0.303 e. The van der Waals surface area contributed by atoms with Gasteiger partial charge in [0.15, 0.2) is 0 Å². The normalized spacial score (nSPS) is 14.9. The van der Waals surface area contributed by atoms with Crippen LogP contribution < -0.4 is 9.64 Å². The van der Waals surface area contributed by atoms with Crippen molar-refractivity contribution in [3.63, 3.8) is 0 Å². The molecular weight excluding hydrogens is 404 g/mol. The van der Waals surface area contributed by atoms with E-state index >= 15 is 0 Å². The zero-order valence-electron chi connectivity index (χ0n) is 19.1. The van der Waals surface area contributed by atoms with Crippen LogP contribution in [-0.2, 0) is 17.6 Å².